The van der Waals surface area contributed by atoms with Crippen molar-refractivity contribution in [2.45, 2.75) is 18.5 Å². The van der Waals surface area contributed by atoms with E-state index >= 15 is 0 Å². The second kappa shape index (κ2) is 6.64. The van der Waals surface area contributed by atoms with E-state index in [0.29, 0.717) is 13.2 Å². The van der Waals surface area contributed by atoms with Gasteiger partial charge in [-0.05, 0) is 12.0 Å². The molecule has 98 valence electrons. The summed E-state index contributed by atoms with van der Waals surface area (Å²) >= 11 is 0. The van der Waals surface area contributed by atoms with Crippen LogP contribution in [0.3, 0.4) is 0 Å². The Balaban J connectivity index is 1.97. The standard InChI is InChI=1S/C14H19NO3/c16-8-13-10-18-11-14(9-17)15(13)7-6-12-4-2-1-3-5-12/h1-5,8,13-14,17H,6-7,9-11H2. The summed E-state index contributed by atoms with van der Waals surface area (Å²) in [6, 6.07) is 9.85. The van der Waals surface area contributed by atoms with Gasteiger partial charge in [-0.1, -0.05) is 30.3 Å². The highest BCUT2D eigenvalue weighted by Crippen LogP contribution is 2.13. The first-order chi connectivity index (χ1) is 8.85. The molecule has 2 atom stereocenters. The molecule has 1 saturated heterocycles. The highest BCUT2D eigenvalue weighted by atomic mass is 16.5. The Bertz CT molecular complexity index is 369. The molecule has 0 aromatic heterocycles. The molecule has 1 N–H and O–H groups in total. The number of carbonyl (C=O) groups is 1. The molecule has 0 radical (unpaired) electrons. The molecule has 0 bridgehead atoms. The second-order valence-electron chi connectivity index (χ2n) is 4.55. The maximum Gasteiger partial charge on any atom is 0.139 e. The number of aliphatic hydroxyl groups excluding tert-OH is 1. The van der Waals surface area contributed by atoms with Crippen molar-refractivity contribution in [3.63, 3.8) is 0 Å². The maximum absolute atomic E-state index is 11.0. The molecule has 1 aromatic rings. The molecule has 2 rings (SSSR count). The molecular weight excluding hydrogens is 230 g/mol. The molecular formula is C14H19NO3. The predicted molar refractivity (Wildman–Crippen MR) is 68.4 cm³/mol. The molecule has 0 amide bonds. The Morgan fingerprint density at radius 1 is 1.33 bits per heavy atom. The van der Waals surface area contributed by atoms with E-state index < -0.39 is 0 Å². The van der Waals surface area contributed by atoms with Crippen LogP contribution in [0.4, 0.5) is 0 Å². The van der Waals surface area contributed by atoms with Crippen LogP contribution in [0.1, 0.15) is 5.56 Å². The lowest BCUT2D eigenvalue weighted by Crippen LogP contribution is -2.55. The van der Waals surface area contributed by atoms with Gasteiger partial charge in [0.2, 0.25) is 0 Å². The van der Waals surface area contributed by atoms with Crippen LogP contribution in [0.25, 0.3) is 0 Å². The Hall–Kier alpha value is -1.23. The smallest absolute Gasteiger partial charge is 0.139 e. The third-order valence-electron chi connectivity index (χ3n) is 3.36. The number of hydrogen-bond acceptors (Lipinski definition) is 4. The predicted octanol–water partition coefficient (Wildman–Crippen LogP) is 0.490. The first-order valence-electron chi connectivity index (χ1n) is 6.28. The molecule has 2 unspecified atom stereocenters. The third kappa shape index (κ3) is 3.16. The lowest BCUT2D eigenvalue weighted by atomic mass is 10.1. The van der Waals surface area contributed by atoms with Crippen LogP contribution in [-0.4, -0.2) is 54.7 Å². The van der Waals surface area contributed by atoms with Crippen molar-refractivity contribution in [1.29, 1.82) is 0 Å². The molecule has 1 aliphatic heterocycles. The average molecular weight is 249 g/mol. The van der Waals surface area contributed by atoms with Gasteiger partial charge < -0.3 is 14.6 Å². The van der Waals surface area contributed by atoms with Crippen molar-refractivity contribution in [3.05, 3.63) is 35.9 Å². The van der Waals surface area contributed by atoms with Gasteiger partial charge in [-0.2, -0.15) is 0 Å². The van der Waals surface area contributed by atoms with E-state index in [9.17, 15) is 9.90 Å². The molecule has 1 heterocycles. The SMILES string of the molecule is O=CC1COCC(CO)N1CCc1ccccc1. The number of aldehydes is 1. The number of carbonyl (C=O) groups excluding carboxylic acids is 1. The van der Waals surface area contributed by atoms with Gasteiger partial charge in [-0.25, -0.2) is 0 Å². The molecule has 1 fully saturated rings. The molecule has 0 aliphatic carbocycles. The monoisotopic (exact) mass is 249 g/mol. The van der Waals surface area contributed by atoms with Crippen molar-refractivity contribution in [3.8, 4) is 0 Å². The van der Waals surface area contributed by atoms with E-state index in [1.54, 1.807) is 0 Å². The zero-order chi connectivity index (χ0) is 12.8. The summed E-state index contributed by atoms with van der Waals surface area (Å²) in [6.45, 7) is 1.71. The van der Waals surface area contributed by atoms with Gasteiger partial charge >= 0.3 is 0 Å². The zero-order valence-electron chi connectivity index (χ0n) is 10.4. The van der Waals surface area contributed by atoms with Crippen LogP contribution in [0.5, 0.6) is 0 Å². The largest absolute Gasteiger partial charge is 0.395 e. The summed E-state index contributed by atoms with van der Waals surface area (Å²) in [5, 5.41) is 9.33. The van der Waals surface area contributed by atoms with Crippen molar-refractivity contribution in [2.75, 3.05) is 26.4 Å². The Kier molecular flexibility index (Phi) is 4.87. The van der Waals surface area contributed by atoms with E-state index in [4.69, 9.17) is 4.74 Å². The Morgan fingerprint density at radius 2 is 2.11 bits per heavy atom. The maximum atomic E-state index is 11.0. The van der Waals surface area contributed by atoms with Gasteiger partial charge in [-0.3, -0.25) is 4.90 Å². The van der Waals surface area contributed by atoms with Gasteiger partial charge in [0.05, 0.1) is 31.9 Å². The molecule has 1 aliphatic rings. The Labute approximate surface area is 107 Å². The summed E-state index contributed by atoms with van der Waals surface area (Å²) in [5.41, 5.74) is 1.24. The van der Waals surface area contributed by atoms with Gasteiger partial charge in [0.15, 0.2) is 0 Å². The normalized spacial score (nSPS) is 24.9. The van der Waals surface area contributed by atoms with E-state index in [1.165, 1.54) is 5.56 Å². The highest BCUT2D eigenvalue weighted by molar-refractivity contribution is 5.58. The second-order valence-corrected chi connectivity index (χ2v) is 4.55. The molecule has 4 nitrogen and oxygen atoms in total. The lowest BCUT2D eigenvalue weighted by molar-refractivity contribution is -0.123. The fourth-order valence-electron chi connectivity index (χ4n) is 2.31. The summed E-state index contributed by atoms with van der Waals surface area (Å²) in [4.78, 5) is 13.1. The van der Waals surface area contributed by atoms with E-state index in [1.807, 2.05) is 23.1 Å². The minimum atomic E-state index is -0.236. The van der Waals surface area contributed by atoms with E-state index in [0.717, 1.165) is 19.3 Å². The first kappa shape index (κ1) is 13.2. The van der Waals surface area contributed by atoms with Crippen LogP contribution < -0.4 is 0 Å². The van der Waals surface area contributed by atoms with Gasteiger partial charge in [0, 0.05) is 6.54 Å². The number of morpholine rings is 1. The molecule has 1 aromatic carbocycles. The van der Waals surface area contributed by atoms with E-state index in [-0.39, 0.29) is 18.7 Å². The minimum Gasteiger partial charge on any atom is -0.395 e. The number of nitrogens with zero attached hydrogens (tertiary/aromatic N) is 1. The van der Waals surface area contributed by atoms with Crippen molar-refractivity contribution < 1.29 is 14.6 Å². The van der Waals surface area contributed by atoms with E-state index in [2.05, 4.69) is 12.1 Å². The van der Waals surface area contributed by atoms with Crippen molar-refractivity contribution in [2.24, 2.45) is 0 Å². The molecule has 0 saturated carbocycles. The number of hydrogen-bond donors (Lipinski definition) is 1. The molecule has 0 spiro atoms. The molecule has 4 heteroatoms. The van der Waals surface area contributed by atoms with Gasteiger partial charge in [0.25, 0.3) is 0 Å². The number of ether oxygens (including phenoxy) is 1. The lowest BCUT2D eigenvalue weighted by Gasteiger charge is -2.38. The fourth-order valence-corrected chi connectivity index (χ4v) is 2.31. The summed E-state index contributed by atoms with van der Waals surface area (Å²) in [6.07, 6.45) is 1.79. The zero-order valence-corrected chi connectivity index (χ0v) is 10.4. The average Bonchev–Trinajstić information content (AvgIpc) is 2.45. The van der Waals surface area contributed by atoms with Crippen LogP contribution in [0, 0.1) is 0 Å². The van der Waals surface area contributed by atoms with Gasteiger partial charge in [0.1, 0.15) is 6.29 Å². The molecule has 18 heavy (non-hydrogen) atoms. The highest BCUT2D eigenvalue weighted by Gasteiger charge is 2.30. The number of aliphatic hydroxyl groups is 1. The van der Waals surface area contributed by atoms with Crippen molar-refractivity contribution >= 4 is 6.29 Å². The number of benzene rings is 1. The minimum absolute atomic E-state index is 0.0269. The van der Waals surface area contributed by atoms with Crippen LogP contribution in [0.2, 0.25) is 0 Å². The van der Waals surface area contributed by atoms with Crippen molar-refractivity contribution in [1.82, 2.24) is 4.90 Å². The van der Waals surface area contributed by atoms with Crippen LogP contribution in [0.15, 0.2) is 30.3 Å². The summed E-state index contributed by atoms with van der Waals surface area (Å²) < 4.78 is 5.33. The summed E-state index contributed by atoms with van der Waals surface area (Å²) in [7, 11) is 0. The Morgan fingerprint density at radius 3 is 2.78 bits per heavy atom. The quantitative estimate of drug-likeness (QED) is 0.772. The van der Waals surface area contributed by atoms with Crippen LogP contribution >= 0.6 is 0 Å². The third-order valence-corrected chi connectivity index (χ3v) is 3.36. The van der Waals surface area contributed by atoms with Crippen LogP contribution in [-0.2, 0) is 16.0 Å². The first-order valence-corrected chi connectivity index (χ1v) is 6.28. The topological polar surface area (TPSA) is 49.8 Å². The summed E-state index contributed by atoms with van der Waals surface area (Å²) in [5.74, 6) is 0. The fraction of sp³-hybridized carbons (Fsp3) is 0.500. The number of rotatable bonds is 5. The van der Waals surface area contributed by atoms with Gasteiger partial charge in [-0.15, -0.1) is 0 Å².